The molecule has 0 saturated carbocycles. The summed E-state index contributed by atoms with van der Waals surface area (Å²) in [6.07, 6.45) is 4.83. The van der Waals surface area contributed by atoms with Crippen LogP contribution in [0.5, 0.6) is 0 Å². The minimum Gasteiger partial charge on any atom is -0.264 e. The van der Waals surface area contributed by atoms with Crippen LogP contribution in [-0.2, 0) is 6.42 Å². The summed E-state index contributed by atoms with van der Waals surface area (Å²) < 4.78 is 0. The van der Waals surface area contributed by atoms with E-state index in [0.717, 1.165) is 6.42 Å². The second kappa shape index (κ2) is 6.36. The Morgan fingerprint density at radius 1 is 0.810 bits per heavy atom. The predicted molar refractivity (Wildman–Crippen MR) is 87.4 cm³/mol. The van der Waals surface area contributed by atoms with Gasteiger partial charge >= 0.3 is 0 Å². The van der Waals surface area contributed by atoms with Crippen LogP contribution in [0.15, 0.2) is 79.1 Å². The molecular formula is C20H19N. The molecule has 1 nitrogen and oxygen atoms in total. The number of rotatable bonds is 4. The van der Waals surface area contributed by atoms with Crippen LogP contribution in [-0.4, -0.2) is 4.98 Å². The summed E-state index contributed by atoms with van der Waals surface area (Å²) in [5.74, 6) is 0.371. The van der Waals surface area contributed by atoms with Gasteiger partial charge in [0.2, 0.25) is 0 Å². The molecule has 0 spiro atoms. The molecule has 3 rings (SSSR count). The molecule has 0 bridgehead atoms. The summed E-state index contributed by atoms with van der Waals surface area (Å²) in [7, 11) is 0. The Bertz CT molecular complexity index is 650. The Balaban J connectivity index is 1.99. The van der Waals surface area contributed by atoms with E-state index in [-0.39, 0.29) is 0 Å². The average Bonchev–Trinajstić information content (AvgIpc) is 2.56. The lowest BCUT2D eigenvalue weighted by Crippen LogP contribution is -2.06. The Hall–Kier alpha value is -2.41. The largest absolute Gasteiger partial charge is 0.264 e. The van der Waals surface area contributed by atoms with Crippen molar-refractivity contribution in [2.75, 3.05) is 0 Å². The highest BCUT2D eigenvalue weighted by atomic mass is 14.6. The number of benzene rings is 2. The fourth-order valence-corrected chi connectivity index (χ4v) is 2.73. The predicted octanol–water partition coefficient (Wildman–Crippen LogP) is 4.76. The van der Waals surface area contributed by atoms with Crippen molar-refractivity contribution in [2.45, 2.75) is 19.3 Å². The summed E-state index contributed by atoms with van der Waals surface area (Å²) in [6, 6.07) is 23.5. The fourth-order valence-electron chi connectivity index (χ4n) is 2.73. The lowest BCUT2D eigenvalue weighted by molar-refractivity contribution is 0.796. The van der Waals surface area contributed by atoms with E-state index in [9.17, 15) is 0 Å². The van der Waals surface area contributed by atoms with Gasteiger partial charge in [-0.2, -0.15) is 0 Å². The number of aromatic nitrogens is 1. The van der Waals surface area contributed by atoms with Crippen LogP contribution >= 0.6 is 0 Å². The molecule has 0 aliphatic rings. The van der Waals surface area contributed by atoms with E-state index in [4.69, 9.17) is 0 Å². The van der Waals surface area contributed by atoms with Crippen molar-refractivity contribution in [3.63, 3.8) is 0 Å². The summed E-state index contributed by atoms with van der Waals surface area (Å²) in [4.78, 5) is 4.29. The first kappa shape index (κ1) is 13.6. The summed E-state index contributed by atoms with van der Waals surface area (Å²) >= 11 is 0. The van der Waals surface area contributed by atoms with Crippen molar-refractivity contribution in [3.8, 4) is 0 Å². The van der Waals surface area contributed by atoms with Crippen LogP contribution in [0, 0.1) is 6.92 Å². The third-order valence-electron chi connectivity index (χ3n) is 3.98. The van der Waals surface area contributed by atoms with E-state index < -0.39 is 0 Å². The third kappa shape index (κ3) is 3.19. The molecule has 2 aromatic carbocycles. The van der Waals surface area contributed by atoms with Crippen LogP contribution in [0.4, 0.5) is 0 Å². The van der Waals surface area contributed by atoms with Gasteiger partial charge in [0.15, 0.2) is 0 Å². The normalized spacial score (nSPS) is 10.8. The van der Waals surface area contributed by atoms with Crippen LogP contribution < -0.4 is 0 Å². The molecule has 0 saturated heterocycles. The van der Waals surface area contributed by atoms with E-state index in [1.807, 2.05) is 12.4 Å². The van der Waals surface area contributed by atoms with Crippen molar-refractivity contribution in [1.82, 2.24) is 4.98 Å². The van der Waals surface area contributed by atoms with Crippen molar-refractivity contribution >= 4 is 0 Å². The van der Waals surface area contributed by atoms with Crippen molar-refractivity contribution < 1.29 is 0 Å². The summed E-state index contributed by atoms with van der Waals surface area (Å²) in [5, 5.41) is 0. The zero-order chi connectivity index (χ0) is 14.5. The van der Waals surface area contributed by atoms with Gasteiger partial charge in [0.25, 0.3) is 0 Å². The van der Waals surface area contributed by atoms with Crippen molar-refractivity contribution in [1.29, 1.82) is 0 Å². The highest BCUT2D eigenvalue weighted by Gasteiger charge is 2.15. The number of nitrogens with zero attached hydrogens (tertiary/aromatic N) is 1. The van der Waals surface area contributed by atoms with Gasteiger partial charge in [-0.3, -0.25) is 4.98 Å². The average molecular weight is 273 g/mol. The summed E-state index contributed by atoms with van der Waals surface area (Å²) in [6.45, 7) is 2.16. The maximum atomic E-state index is 4.29. The van der Waals surface area contributed by atoms with E-state index >= 15 is 0 Å². The van der Waals surface area contributed by atoms with E-state index in [1.54, 1.807) is 0 Å². The van der Waals surface area contributed by atoms with Gasteiger partial charge in [-0.15, -0.1) is 0 Å². The number of pyridine rings is 1. The minimum atomic E-state index is 0.371. The molecule has 1 heterocycles. The SMILES string of the molecule is Cc1ccncc1CC(c1ccccc1)c1ccccc1. The third-order valence-corrected chi connectivity index (χ3v) is 3.98. The van der Waals surface area contributed by atoms with Gasteiger partial charge in [0, 0.05) is 18.3 Å². The maximum absolute atomic E-state index is 4.29. The summed E-state index contributed by atoms with van der Waals surface area (Å²) in [5.41, 5.74) is 5.33. The van der Waals surface area contributed by atoms with Crippen LogP contribution in [0.3, 0.4) is 0 Å². The van der Waals surface area contributed by atoms with Crippen molar-refractivity contribution in [2.24, 2.45) is 0 Å². The van der Waals surface area contributed by atoms with Gasteiger partial charge < -0.3 is 0 Å². The molecule has 1 aromatic heterocycles. The molecule has 1 heteroatoms. The number of hydrogen-bond donors (Lipinski definition) is 0. The lowest BCUT2D eigenvalue weighted by atomic mass is 9.85. The molecule has 0 fully saturated rings. The standard InChI is InChI=1S/C20H19N/c1-16-12-13-21-15-19(16)14-20(17-8-4-2-5-9-17)18-10-6-3-7-11-18/h2-13,15,20H,14H2,1H3. The monoisotopic (exact) mass is 273 g/mol. The zero-order valence-electron chi connectivity index (χ0n) is 12.2. The second-order valence-electron chi connectivity index (χ2n) is 5.38. The van der Waals surface area contributed by atoms with Crippen molar-refractivity contribution in [3.05, 3.63) is 101 Å². The lowest BCUT2D eigenvalue weighted by Gasteiger charge is -2.19. The molecule has 0 amide bonds. The van der Waals surface area contributed by atoms with Gasteiger partial charge in [-0.05, 0) is 41.7 Å². The van der Waals surface area contributed by atoms with E-state index in [1.165, 1.54) is 22.3 Å². The highest BCUT2D eigenvalue weighted by molar-refractivity contribution is 5.36. The minimum absolute atomic E-state index is 0.371. The first-order valence-corrected chi connectivity index (χ1v) is 7.34. The van der Waals surface area contributed by atoms with E-state index in [0.29, 0.717) is 5.92 Å². The molecule has 0 N–H and O–H groups in total. The molecular weight excluding hydrogens is 254 g/mol. The zero-order valence-corrected chi connectivity index (χ0v) is 12.2. The molecule has 0 radical (unpaired) electrons. The Kier molecular flexibility index (Phi) is 4.11. The van der Waals surface area contributed by atoms with Gasteiger partial charge in [-0.25, -0.2) is 0 Å². The molecule has 104 valence electrons. The number of hydrogen-bond acceptors (Lipinski definition) is 1. The highest BCUT2D eigenvalue weighted by Crippen LogP contribution is 2.29. The first-order chi connectivity index (χ1) is 10.3. The molecule has 0 aliphatic heterocycles. The van der Waals surface area contributed by atoms with Gasteiger partial charge in [0.1, 0.15) is 0 Å². The quantitative estimate of drug-likeness (QED) is 0.667. The van der Waals surface area contributed by atoms with Gasteiger partial charge in [0.05, 0.1) is 0 Å². The first-order valence-electron chi connectivity index (χ1n) is 7.34. The topological polar surface area (TPSA) is 12.9 Å². The molecule has 0 unspecified atom stereocenters. The fraction of sp³-hybridized carbons (Fsp3) is 0.150. The smallest absolute Gasteiger partial charge is 0.0302 e. The van der Waals surface area contributed by atoms with Gasteiger partial charge in [-0.1, -0.05) is 60.7 Å². The number of aryl methyl sites for hydroxylation is 1. The maximum Gasteiger partial charge on any atom is 0.0302 e. The molecule has 0 atom stereocenters. The van der Waals surface area contributed by atoms with Crippen LogP contribution in [0.25, 0.3) is 0 Å². The second-order valence-corrected chi connectivity index (χ2v) is 5.38. The Morgan fingerprint density at radius 3 is 1.90 bits per heavy atom. The van der Waals surface area contributed by atoms with E-state index in [2.05, 4.69) is 78.6 Å². The molecule has 3 aromatic rings. The molecule has 21 heavy (non-hydrogen) atoms. The molecule has 0 aliphatic carbocycles. The Labute approximate surface area is 126 Å². The Morgan fingerprint density at radius 2 is 1.38 bits per heavy atom. The van der Waals surface area contributed by atoms with Crippen LogP contribution in [0.1, 0.15) is 28.2 Å². The van der Waals surface area contributed by atoms with Crippen LogP contribution in [0.2, 0.25) is 0 Å².